The highest BCUT2D eigenvalue weighted by atomic mass is 19.4. The molecule has 1 radical (unpaired) electrons. The summed E-state index contributed by atoms with van der Waals surface area (Å²) in [5.41, 5.74) is -5.22. The molecule has 0 atom stereocenters. The van der Waals surface area contributed by atoms with E-state index < -0.39 is 53.2 Å². The Labute approximate surface area is 134 Å². The lowest BCUT2D eigenvalue weighted by molar-refractivity contribution is -0.361. The molecule has 0 spiro atoms. The minimum Gasteiger partial charge on any atom is -0.194 e. The monoisotopic (exact) mass is 413 g/mol. The second-order valence-electron chi connectivity index (χ2n) is 4.78. The molecule has 0 heterocycles. The number of hydrogen-bond acceptors (Lipinski definition) is 0. The smallest absolute Gasteiger partial charge is 0.194 e. The molecule has 149 valence electrons. The fraction of sp³-hybridized carbons (Fsp3) is 0.500. The number of hydrogen-bond donors (Lipinski definition) is 0. The van der Waals surface area contributed by atoms with E-state index in [9.17, 15) is 61.5 Å². The van der Waals surface area contributed by atoms with Gasteiger partial charge in [0, 0.05) is 11.1 Å². The quantitative estimate of drug-likeness (QED) is 0.526. The Balaban J connectivity index is 3.54. The summed E-state index contributed by atoms with van der Waals surface area (Å²) in [4.78, 5) is 0. The molecule has 0 fully saturated rings. The number of alkyl halides is 14. The minimum absolute atomic E-state index is 0.217. The van der Waals surface area contributed by atoms with E-state index in [0.29, 0.717) is 0 Å². The number of halogens is 14. The van der Waals surface area contributed by atoms with Crippen LogP contribution < -0.4 is 0 Å². The van der Waals surface area contributed by atoms with Gasteiger partial charge < -0.3 is 0 Å². The van der Waals surface area contributed by atoms with Gasteiger partial charge in [0.2, 0.25) is 0 Å². The number of rotatable bonds is 4. The van der Waals surface area contributed by atoms with Crippen molar-refractivity contribution in [1.29, 1.82) is 0 Å². The van der Waals surface area contributed by atoms with Crippen LogP contribution in [-0.2, 0) is 11.8 Å². The molecular formula is C12H3F14. The van der Waals surface area contributed by atoms with Gasteiger partial charge in [0.05, 0.1) is 0 Å². The van der Waals surface area contributed by atoms with Gasteiger partial charge in [-0.3, -0.25) is 0 Å². The van der Waals surface area contributed by atoms with Gasteiger partial charge in [0.15, 0.2) is 0 Å². The summed E-state index contributed by atoms with van der Waals surface area (Å²) in [7, 11) is 0. The van der Waals surface area contributed by atoms with Crippen LogP contribution in [0.5, 0.6) is 0 Å². The minimum atomic E-state index is -6.89. The van der Waals surface area contributed by atoms with Crippen LogP contribution in [0.3, 0.4) is 0 Å². The molecule has 0 bridgehead atoms. The van der Waals surface area contributed by atoms with E-state index in [1.165, 1.54) is 0 Å². The molecular weight excluding hydrogens is 410 g/mol. The summed E-state index contributed by atoms with van der Waals surface area (Å²) in [6, 6.07) is -0.560. The van der Waals surface area contributed by atoms with E-state index >= 15 is 0 Å². The summed E-state index contributed by atoms with van der Waals surface area (Å²) in [5.74, 6) is -26.2. The van der Waals surface area contributed by atoms with Crippen molar-refractivity contribution in [2.24, 2.45) is 0 Å². The zero-order chi connectivity index (χ0) is 21.0. The lowest BCUT2D eigenvalue weighted by Gasteiger charge is -2.30. The maximum Gasteiger partial charge on any atom is 0.460 e. The third-order valence-corrected chi connectivity index (χ3v) is 3.00. The molecule has 0 nitrogen and oxygen atoms in total. The van der Waals surface area contributed by atoms with Gasteiger partial charge in [-0.05, 0) is 12.1 Å². The van der Waals surface area contributed by atoms with Crippen LogP contribution in [0.25, 0.3) is 0 Å². The van der Waals surface area contributed by atoms with E-state index in [1.54, 1.807) is 0 Å². The average Bonchev–Trinajstić information content (AvgIpc) is 2.44. The standard InChI is InChI=1S/C12H3F14/c13-7(14,9(17,18)11(21,22)23)5-2-1-3-6(4-5)8(15,16)10(19,20)12(24,25)26/h1-2,4H. The lowest BCUT2D eigenvalue weighted by Crippen LogP contribution is -2.51. The summed E-state index contributed by atoms with van der Waals surface area (Å²) in [6.07, 6.45) is -13.8. The van der Waals surface area contributed by atoms with Gasteiger partial charge in [0.1, 0.15) is 0 Å². The zero-order valence-electron chi connectivity index (χ0n) is 11.5. The maximum atomic E-state index is 13.4. The fourth-order valence-corrected chi connectivity index (χ4v) is 1.55. The molecule has 0 aliphatic rings. The molecule has 1 rings (SSSR count). The van der Waals surface area contributed by atoms with Gasteiger partial charge in [-0.15, -0.1) is 0 Å². The van der Waals surface area contributed by atoms with Crippen molar-refractivity contribution in [2.75, 3.05) is 0 Å². The SMILES string of the molecule is FC(F)(F)C(F)(F)C(F)(F)c1[c]ccc(C(F)(F)C(F)(F)C(F)(F)F)c1. The Morgan fingerprint density at radius 3 is 1.35 bits per heavy atom. The molecule has 0 amide bonds. The Hall–Kier alpha value is -1.76. The Bertz CT molecular complexity index is 597. The van der Waals surface area contributed by atoms with Crippen molar-refractivity contribution >= 4 is 0 Å². The van der Waals surface area contributed by atoms with E-state index in [1.807, 2.05) is 0 Å². The molecule has 0 unspecified atom stereocenters. The van der Waals surface area contributed by atoms with Crippen LogP contribution >= 0.6 is 0 Å². The highest BCUT2D eigenvalue weighted by Gasteiger charge is 2.75. The Morgan fingerprint density at radius 2 is 0.962 bits per heavy atom. The van der Waals surface area contributed by atoms with Crippen LogP contribution in [0, 0.1) is 6.07 Å². The largest absolute Gasteiger partial charge is 0.460 e. The zero-order valence-corrected chi connectivity index (χ0v) is 11.5. The third kappa shape index (κ3) is 3.17. The van der Waals surface area contributed by atoms with Crippen molar-refractivity contribution in [2.45, 2.75) is 36.0 Å². The summed E-state index contributed by atoms with van der Waals surface area (Å²) < 4.78 is 177. The molecule has 0 aliphatic carbocycles. The van der Waals surface area contributed by atoms with Crippen LogP contribution in [-0.4, -0.2) is 24.2 Å². The van der Waals surface area contributed by atoms with E-state index in [2.05, 4.69) is 0 Å². The van der Waals surface area contributed by atoms with Crippen LogP contribution in [0.1, 0.15) is 11.1 Å². The van der Waals surface area contributed by atoms with Crippen LogP contribution in [0.15, 0.2) is 18.2 Å². The highest BCUT2D eigenvalue weighted by molar-refractivity contribution is 5.32. The van der Waals surface area contributed by atoms with Crippen molar-refractivity contribution in [1.82, 2.24) is 0 Å². The maximum absolute atomic E-state index is 13.4. The van der Waals surface area contributed by atoms with E-state index in [4.69, 9.17) is 0 Å². The Morgan fingerprint density at radius 1 is 0.577 bits per heavy atom. The van der Waals surface area contributed by atoms with Crippen LogP contribution in [0.2, 0.25) is 0 Å². The van der Waals surface area contributed by atoms with Gasteiger partial charge in [-0.25, -0.2) is 0 Å². The first-order valence-electron chi connectivity index (χ1n) is 5.88. The normalized spacial score (nSPS) is 15.3. The average molecular weight is 413 g/mol. The van der Waals surface area contributed by atoms with Gasteiger partial charge in [0.25, 0.3) is 0 Å². The predicted molar refractivity (Wildman–Crippen MR) is 55.1 cm³/mol. The van der Waals surface area contributed by atoms with Crippen molar-refractivity contribution in [3.63, 3.8) is 0 Å². The molecule has 1 aromatic carbocycles. The van der Waals surface area contributed by atoms with Crippen LogP contribution in [0.4, 0.5) is 61.5 Å². The highest BCUT2D eigenvalue weighted by Crippen LogP contribution is 2.54. The molecule has 0 N–H and O–H groups in total. The lowest BCUT2D eigenvalue weighted by atomic mass is 9.95. The number of benzene rings is 1. The second-order valence-corrected chi connectivity index (χ2v) is 4.78. The summed E-state index contributed by atoms with van der Waals surface area (Å²) in [6.45, 7) is 0. The molecule has 14 heteroatoms. The summed E-state index contributed by atoms with van der Waals surface area (Å²) in [5, 5.41) is 0. The Kier molecular flexibility index (Phi) is 5.03. The molecule has 26 heavy (non-hydrogen) atoms. The third-order valence-electron chi connectivity index (χ3n) is 3.00. The topological polar surface area (TPSA) is 0 Å². The first-order valence-corrected chi connectivity index (χ1v) is 5.88. The first-order chi connectivity index (χ1) is 11.2. The van der Waals surface area contributed by atoms with Crippen molar-refractivity contribution in [3.8, 4) is 0 Å². The van der Waals surface area contributed by atoms with Gasteiger partial charge in [-0.1, -0.05) is 12.1 Å². The van der Waals surface area contributed by atoms with Gasteiger partial charge >= 0.3 is 36.0 Å². The van der Waals surface area contributed by atoms with Crippen molar-refractivity contribution < 1.29 is 61.5 Å². The van der Waals surface area contributed by atoms with E-state index in [-0.39, 0.29) is 12.1 Å². The molecule has 0 saturated heterocycles. The summed E-state index contributed by atoms with van der Waals surface area (Å²) >= 11 is 0. The second kappa shape index (κ2) is 5.87. The molecule has 0 saturated carbocycles. The van der Waals surface area contributed by atoms with Crippen molar-refractivity contribution in [3.05, 3.63) is 35.4 Å². The first kappa shape index (κ1) is 22.3. The predicted octanol–water partition coefficient (Wildman–Crippen LogP) is 6.07. The van der Waals surface area contributed by atoms with E-state index in [0.717, 1.165) is 6.07 Å². The fourth-order valence-electron chi connectivity index (χ4n) is 1.55. The van der Waals surface area contributed by atoms with Gasteiger partial charge in [-0.2, -0.15) is 61.5 Å². The molecule has 1 aromatic rings. The molecule has 0 aromatic heterocycles. The molecule has 0 aliphatic heterocycles.